The second-order valence-electron chi connectivity index (χ2n) is 12.0. The van der Waals surface area contributed by atoms with Crippen molar-refractivity contribution in [2.75, 3.05) is 0 Å². The average Bonchev–Trinajstić information content (AvgIpc) is 3.64. The van der Waals surface area contributed by atoms with Gasteiger partial charge in [0, 0.05) is 44.2 Å². The minimum absolute atomic E-state index is 0.580. The van der Waals surface area contributed by atoms with E-state index in [9.17, 15) is 10.5 Å². The van der Waals surface area contributed by atoms with Crippen LogP contribution in [0.15, 0.2) is 140 Å². The Balaban J connectivity index is 1.31. The van der Waals surface area contributed by atoms with E-state index in [0.717, 1.165) is 66.8 Å². The highest BCUT2D eigenvalue weighted by Gasteiger charge is 2.19. The first-order chi connectivity index (χ1) is 24.1. The average molecular weight is 625 g/mol. The molecule has 0 amide bonds. The third kappa shape index (κ3) is 4.70. The zero-order chi connectivity index (χ0) is 33.5. The van der Waals surface area contributed by atoms with Crippen LogP contribution < -0.4 is 0 Å². The number of rotatable bonds is 5. The molecule has 2 aromatic heterocycles. The SMILES string of the molecule is C#C/C=C\c1c(C)n(-c2ccc(C#N)c(-c3cccc(-c4ccccc4-n4c5ccccc5c5ccccc54)c3)c2)c2cccc(C#N)c12. The molecule has 49 heavy (non-hydrogen) atoms. The van der Waals surface area contributed by atoms with E-state index < -0.39 is 0 Å². The number of terminal acetylenes is 1. The molecule has 8 aromatic rings. The summed E-state index contributed by atoms with van der Waals surface area (Å²) < 4.78 is 4.48. The lowest BCUT2D eigenvalue weighted by Gasteiger charge is -2.16. The van der Waals surface area contributed by atoms with E-state index >= 15 is 0 Å². The molecule has 0 N–H and O–H groups in total. The van der Waals surface area contributed by atoms with Gasteiger partial charge in [0.05, 0.1) is 45.5 Å². The summed E-state index contributed by atoms with van der Waals surface area (Å²) in [5.74, 6) is 2.58. The number of nitriles is 2. The lowest BCUT2D eigenvalue weighted by atomic mass is 9.95. The summed E-state index contributed by atoms with van der Waals surface area (Å²) >= 11 is 0. The van der Waals surface area contributed by atoms with Crippen LogP contribution in [0.3, 0.4) is 0 Å². The maximum atomic E-state index is 10.3. The van der Waals surface area contributed by atoms with E-state index in [4.69, 9.17) is 6.42 Å². The van der Waals surface area contributed by atoms with Crippen LogP contribution in [0.4, 0.5) is 0 Å². The van der Waals surface area contributed by atoms with Gasteiger partial charge in [-0.3, -0.25) is 0 Å². The van der Waals surface area contributed by atoms with E-state index in [0.29, 0.717) is 11.1 Å². The van der Waals surface area contributed by atoms with Gasteiger partial charge in [0.25, 0.3) is 0 Å². The van der Waals surface area contributed by atoms with Crippen LogP contribution in [-0.2, 0) is 0 Å². The molecule has 0 saturated heterocycles. The standard InChI is InChI=1S/C45H28N4/c1-3-4-16-36-30(2)48(44-23-12-15-34(29-47)45(36)44)35-25-24-33(28-46)40(27-35)32-14-11-13-31(26-32)37-17-5-8-20-41(37)49-42-21-9-6-18-38(42)39-19-7-10-22-43(39)49/h1,4-27H,2H3/b16-4-. The van der Waals surface area contributed by atoms with Gasteiger partial charge in [0.2, 0.25) is 0 Å². The fourth-order valence-corrected chi connectivity index (χ4v) is 7.21. The van der Waals surface area contributed by atoms with Gasteiger partial charge in [0.1, 0.15) is 0 Å². The molecule has 0 aliphatic rings. The van der Waals surface area contributed by atoms with Crippen molar-refractivity contribution in [3.05, 3.63) is 162 Å². The number of allylic oxidation sites excluding steroid dienone is 1. The van der Waals surface area contributed by atoms with E-state index in [-0.39, 0.29) is 0 Å². The van der Waals surface area contributed by atoms with Gasteiger partial charge in [-0.05, 0) is 84.8 Å². The molecule has 0 radical (unpaired) electrons. The van der Waals surface area contributed by atoms with Gasteiger partial charge < -0.3 is 9.13 Å². The Morgan fingerprint density at radius 1 is 0.592 bits per heavy atom. The topological polar surface area (TPSA) is 57.4 Å². The Bertz CT molecular complexity index is 2710. The molecule has 2 heterocycles. The molecular weight excluding hydrogens is 597 g/mol. The third-order valence-corrected chi connectivity index (χ3v) is 9.34. The molecule has 228 valence electrons. The molecule has 0 bridgehead atoms. The largest absolute Gasteiger partial charge is 0.313 e. The Labute approximate surface area is 284 Å². The van der Waals surface area contributed by atoms with Crippen LogP contribution in [-0.4, -0.2) is 9.13 Å². The summed E-state index contributed by atoms with van der Waals surface area (Å²) in [6, 6.07) is 50.4. The van der Waals surface area contributed by atoms with Crippen LogP contribution in [0.25, 0.3) is 72.4 Å². The lowest BCUT2D eigenvalue weighted by molar-refractivity contribution is 1.05. The molecule has 0 atom stereocenters. The number of fused-ring (bicyclic) bond motifs is 4. The van der Waals surface area contributed by atoms with Crippen LogP contribution in [0.1, 0.15) is 22.4 Å². The normalized spacial score (nSPS) is 11.2. The Morgan fingerprint density at radius 2 is 1.22 bits per heavy atom. The highest BCUT2D eigenvalue weighted by atomic mass is 15.0. The molecule has 0 unspecified atom stereocenters. The van der Waals surface area contributed by atoms with Crippen molar-refractivity contribution in [1.29, 1.82) is 10.5 Å². The van der Waals surface area contributed by atoms with Crippen molar-refractivity contribution in [2.24, 2.45) is 0 Å². The molecule has 8 rings (SSSR count). The van der Waals surface area contributed by atoms with E-state index in [1.54, 1.807) is 6.08 Å². The molecule has 4 nitrogen and oxygen atoms in total. The van der Waals surface area contributed by atoms with Crippen LogP contribution in [0.2, 0.25) is 0 Å². The predicted molar refractivity (Wildman–Crippen MR) is 201 cm³/mol. The second kappa shape index (κ2) is 11.9. The van der Waals surface area contributed by atoms with Gasteiger partial charge in [0.15, 0.2) is 0 Å². The molecule has 0 saturated carbocycles. The van der Waals surface area contributed by atoms with Crippen molar-refractivity contribution in [2.45, 2.75) is 6.92 Å². The van der Waals surface area contributed by atoms with Crippen LogP contribution in [0, 0.1) is 41.9 Å². The van der Waals surface area contributed by atoms with Crippen molar-refractivity contribution in [3.63, 3.8) is 0 Å². The van der Waals surface area contributed by atoms with Gasteiger partial charge in [-0.15, -0.1) is 6.42 Å². The van der Waals surface area contributed by atoms with E-state index in [2.05, 4.69) is 130 Å². The molecule has 4 heteroatoms. The molecule has 0 aliphatic carbocycles. The van der Waals surface area contributed by atoms with Crippen LogP contribution >= 0.6 is 0 Å². The van der Waals surface area contributed by atoms with Crippen molar-refractivity contribution in [3.8, 4) is 58.1 Å². The minimum Gasteiger partial charge on any atom is -0.313 e. The van der Waals surface area contributed by atoms with Gasteiger partial charge >= 0.3 is 0 Å². The fraction of sp³-hybridized carbons (Fsp3) is 0.0222. The third-order valence-electron chi connectivity index (χ3n) is 9.34. The quantitative estimate of drug-likeness (QED) is 0.179. The zero-order valence-corrected chi connectivity index (χ0v) is 26.7. The summed E-state index contributed by atoms with van der Waals surface area (Å²) in [5.41, 5.74) is 12.1. The van der Waals surface area contributed by atoms with E-state index in [1.165, 1.54) is 10.8 Å². The summed E-state index contributed by atoms with van der Waals surface area (Å²) in [6.07, 6.45) is 9.12. The number of aromatic nitrogens is 2. The molecule has 0 fully saturated rings. The molecular formula is C45H28N4. The van der Waals surface area contributed by atoms with Gasteiger partial charge in [-0.1, -0.05) is 84.8 Å². The smallest absolute Gasteiger partial charge is 0.0998 e. The lowest BCUT2D eigenvalue weighted by Crippen LogP contribution is -1.99. The summed E-state index contributed by atoms with van der Waals surface area (Å²) in [4.78, 5) is 0. The fourth-order valence-electron chi connectivity index (χ4n) is 7.21. The maximum absolute atomic E-state index is 10.3. The number of para-hydroxylation sites is 3. The van der Waals surface area contributed by atoms with E-state index in [1.807, 2.05) is 43.3 Å². The second-order valence-corrected chi connectivity index (χ2v) is 12.0. The van der Waals surface area contributed by atoms with Gasteiger partial charge in [-0.2, -0.15) is 10.5 Å². The zero-order valence-electron chi connectivity index (χ0n) is 26.7. The first-order valence-corrected chi connectivity index (χ1v) is 16.0. The summed E-state index contributed by atoms with van der Waals surface area (Å²) in [7, 11) is 0. The number of hydrogen-bond acceptors (Lipinski definition) is 2. The van der Waals surface area contributed by atoms with Crippen molar-refractivity contribution < 1.29 is 0 Å². The first-order valence-electron chi connectivity index (χ1n) is 16.0. The highest BCUT2D eigenvalue weighted by molar-refractivity contribution is 6.09. The Hall–Kier alpha value is -7.06. The van der Waals surface area contributed by atoms with Gasteiger partial charge in [-0.25, -0.2) is 0 Å². The predicted octanol–water partition coefficient (Wildman–Crippen LogP) is 10.8. The number of hydrogen-bond donors (Lipinski definition) is 0. The molecule has 0 spiro atoms. The monoisotopic (exact) mass is 624 g/mol. The van der Waals surface area contributed by atoms with Crippen molar-refractivity contribution >= 4 is 38.8 Å². The van der Waals surface area contributed by atoms with Crippen molar-refractivity contribution in [1.82, 2.24) is 9.13 Å². The Kier molecular flexibility index (Phi) is 7.15. The Morgan fingerprint density at radius 3 is 1.94 bits per heavy atom. The summed E-state index contributed by atoms with van der Waals surface area (Å²) in [6.45, 7) is 2.03. The molecule has 0 aliphatic heterocycles. The number of nitrogens with zero attached hydrogens (tertiary/aromatic N) is 4. The summed E-state index contributed by atoms with van der Waals surface area (Å²) in [5, 5.41) is 23.5. The highest BCUT2D eigenvalue weighted by Crippen LogP contribution is 2.39. The minimum atomic E-state index is 0.580. The number of benzene rings is 6. The maximum Gasteiger partial charge on any atom is 0.0998 e. The first kappa shape index (κ1) is 29.3. The van der Waals surface area contributed by atoms with Crippen LogP contribution in [0.5, 0.6) is 0 Å². The molecule has 6 aromatic carbocycles.